The van der Waals surface area contributed by atoms with Crippen LogP contribution in [0.4, 0.5) is 29.3 Å². The number of pyridine rings is 1. The van der Waals surface area contributed by atoms with Crippen LogP contribution in [0.15, 0.2) is 66.2 Å². The van der Waals surface area contributed by atoms with Crippen molar-refractivity contribution in [2.45, 2.75) is 37.5 Å². The minimum atomic E-state index is -2.68. The molecule has 5 aromatic rings. The summed E-state index contributed by atoms with van der Waals surface area (Å²) in [7, 11) is 0. The number of rotatable bonds is 4. The number of alkyl halides is 2. The van der Waals surface area contributed by atoms with Crippen molar-refractivity contribution in [3.8, 4) is 0 Å². The average molecular weight is 643 g/mol. The van der Waals surface area contributed by atoms with Gasteiger partial charge in [-0.1, -0.05) is 23.2 Å². The van der Waals surface area contributed by atoms with E-state index in [0.717, 1.165) is 22.5 Å². The van der Waals surface area contributed by atoms with Crippen LogP contribution in [0, 0.1) is 5.82 Å². The molecule has 44 heavy (non-hydrogen) atoms. The van der Waals surface area contributed by atoms with Gasteiger partial charge in [0, 0.05) is 79.5 Å². The zero-order chi connectivity index (χ0) is 31.4. The second-order valence-corrected chi connectivity index (χ2v) is 11.0. The number of amides is 3. The van der Waals surface area contributed by atoms with Crippen molar-refractivity contribution in [1.82, 2.24) is 15.0 Å². The second-order valence-electron chi connectivity index (χ2n) is 10.1. The van der Waals surface area contributed by atoms with Crippen LogP contribution in [0.2, 0.25) is 10.0 Å². The quantitative estimate of drug-likeness (QED) is 0.0877. The molecular formula is C29H23Cl2F3N8O2. The minimum absolute atomic E-state index is 0.165. The summed E-state index contributed by atoms with van der Waals surface area (Å²) in [6.45, 7) is 0. The molecule has 1 fully saturated rings. The van der Waals surface area contributed by atoms with Crippen LogP contribution in [0.25, 0.3) is 32.2 Å². The van der Waals surface area contributed by atoms with Gasteiger partial charge >= 0.3 is 6.03 Å². The van der Waals surface area contributed by atoms with Gasteiger partial charge in [-0.15, -0.1) is 0 Å². The number of benzene rings is 2. The molecule has 0 bridgehead atoms. The molecule has 1 saturated carbocycles. The fourth-order valence-corrected chi connectivity index (χ4v) is 5.32. The molecule has 226 valence electrons. The molecule has 3 aromatic heterocycles. The number of halogens is 5. The highest BCUT2D eigenvalue weighted by Gasteiger charge is 2.36. The van der Waals surface area contributed by atoms with E-state index in [1.54, 1.807) is 42.6 Å². The topological polar surface area (TPSA) is 151 Å². The van der Waals surface area contributed by atoms with E-state index in [1.807, 2.05) is 0 Å². The van der Waals surface area contributed by atoms with Gasteiger partial charge in [-0.3, -0.25) is 9.78 Å². The Morgan fingerprint density at radius 3 is 2.27 bits per heavy atom. The minimum Gasteiger partial charge on any atom is -0.360 e. The molecule has 0 atom stereocenters. The number of aromatic nitrogens is 3. The normalized spacial score (nSPS) is 14.4. The molecule has 3 amide bonds. The predicted molar refractivity (Wildman–Crippen MR) is 163 cm³/mol. The van der Waals surface area contributed by atoms with Gasteiger partial charge in [0.15, 0.2) is 0 Å². The van der Waals surface area contributed by atoms with Gasteiger partial charge in [0.1, 0.15) is 5.82 Å². The van der Waals surface area contributed by atoms with E-state index in [9.17, 15) is 22.8 Å². The highest BCUT2D eigenvalue weighted by molar-refractivity contribution is 6.32. The molecule has 10 nitrogen and oxygen atoms in total. The second kappa shape index (κ2) is 12.9. The summed E-state index contributed by atoms with van der Waals surface area (Å²) in [5.41, 5.74) is 10.9. The largest absolute Gasteiger partial charge is 0.360 e. The number of fused-ring (bicyclic) bond motifs is 2. The summed E-state index contributed by atoms with van der Waals surface area (Å²) >= 11 is 11.8. The van der Waals surface area contributed by atoms with Gasteiger partial charge in [-0.05, 0) is 59.9 Å². The number of hydrogen-bond acceptors (Lipinski definition) is 3. The van der Waals surface area contributed by atoms with Crippen molar-refractivity contribution in [1.29, 1.82) is 0 Å². The lowest BCUT2D eigenvalue weighted by Crippen LogP contribution is -2.24. The number of aromatic amines is 2. The number of azide groups is 1. The number of anilines is 2. The van der Waals surface area contributed by atoms with Crippen molar-refractivity contribution in [2.75, 3.05) is 10.6 Å². The van der Waals surface area contributed by atoms with Crippen LogP contribution in [0.5, 0.6) is 0 Å². The number of carbonyl (C=O) groups excluding carboxylic acids is 2. The average Bonchev–Trinajstić information content (AvgIpc) is 3.57. The summed E-state index contributed by atoms with van der Waals surface area (Å²) < 4.78 is 41.1. The Kier molecular flexibility index (Phi) is 9.00. The molecule has 0 radical (unpaired) electrons. The standard InChI is InChI=1S/C20H18ClF3N4O.C9H5ClN4O/c21-12-1-2-16-14(7-12)17(10-25-16)28-19(29)27-13-8-15(22)18(26-9-13)11-3-5-20(23,24)6-4-11;10-5-1-2-8-6(3-5)7(4-12-8)9(15)13-14-11/h1-2,7-11,25H,3-6H2,(H2,27,28,29);1-4,12H. The van der Waals surface area contributed by atoms with Gasteiger partial charge < -0.3 is 20.6 Å². The highest BCUT2D eigenvalue weighted by atomic mass is 35.5. The van der Waals surface area contributed by atoms with Gasteiger partial charge in [0.2, 0.25) is 5.92 Å². The van der Waals surface area contributed by atoms with E-state index in [-0.39, 0.29) is 43.0 Å². The summed E-state index contributed by atoms with van der Waals surface area (Å²) in [5, 5.41) is 10.7. The number of hydrogen-bond donors (Lipinski definition) is 4. The van der Waals surface area contributed by atoms with E-state index in [2.05, 4.69) is 35.6 Å². The lowest BCUT2D eigenvalue weighted by atomic mass is 9.84. The maximum absolute atomic E-state index is 14.5. The molecule has 0 unspecified atom stereocenters. The van der Waals surface area contributed by atoms with Crippen LogP contribution in [0.1, 0.15) is 47.7 Å². The van der Waals surface area contributed by atoms with Crippen LogP contribution >= 0.6 is 23.2 Å². The highest BCUT2D eigenvalue weighted by Crippen LogP contribution is 2.41. The zero-order valence-electron chi connectivity index (χ0n) is 22.7. The molecule has 6 rings (SSSR count). The number of nitrogens with zero attached hydrogens (tertiary/aromatic N) is 4. The van der Waals surface area contributed by atoms with Gasteiger partial charge in [0.05, 0.1) is 23.3 Å². The Morgan fingerprint density at radius 2 is 1.61 bits per heavy atom. The van der Waals surface area contributed by atoms with E-state index >= 15 is 0 Å². The first-order chi connectivity index (χ1) is 21.0. The maximum atomic E-state index is 14.5. The molecule has 1 aliphatic carbocycles. The van der Waals surface area contributed by atoms with Gasteiger partial charge in [-0.25, -0.2) is 18.0 Å². The summed E-state index contributed by atoms with van der Waals surface area (Å²) in [6.07, 6.45) is 4.29. The molecule has 15 heteroatoms. The molecule has 4 N–H and O–H groups in total. The third-order valence-electron chi connectivity index (χ3n) is 7.13. The molecular weight excluding hydrogens is 620 g/mol. The van der Waals surface area contributed by atoms with Crippen molar-refractivity contribution >= 4 is 68.3 Å². The Labute approximate surface area is 257 Å². The lowest BCUT2D eigenvalue weighted by molar-refractivity contribution is -0.0387. The first-order valence-corrected chi connectivity index (χ1v) is 14.0. The fraction of sp³-hybridized carbons (Fsp3) is 0.207. The molecule has 0 spiro atoms. The molecule has 0 aliphatic heterocycles. The number of carbonyl (C=O) groups is 2. The SMILES string of the molecule is O=C(Nc1cnc(C2CCC(F)(F)CC2)c(F)c1)Nc1c[nH]c2ccc(Cl)cc12.[N-]=[N+]=NC(=O)c1c[nH]c2ccc(Cl)cc12. The summed E-state index contributed by atoms with van der Waals surface area (Å²) in [5.74, 6) is -4.25. The van der Waals surface area contributed by atoms with E-state index in [0.29, 0.717) is 26.7 Å². The third-order valence-corrected chi connectivity index (χ3v) is 7.60. The monoisotopic (exact) mass is 642 g/mol. The summed E-state index contributed by atoms with van der Waals surface area (Å²) in [6, 6.07) is 10.9. The Balaban J connectivity index is 0.000000215. The van der Waals surface area contributed by atoms with Crippen LogP contribution in [0.3, 0.4) is 0 Å². The van der Waals surface area contributed by atoms with Gasteiger partial charge in [0.25, 0.3) is 5.91 Å². The Morgan fingerprint density at radius 1 is 0.977 bits per heavy atom. The molecule has 1 aliphatic rings. The van der Waals surface area contributed by atoms with E-state index < -0.39 is 23.7 Å². The predicted octanol–water partition coefficient (Wildman–Crippen LogP) is 9.56. The number of nitrogens with one attached hydrogen (secondary N) is 4. The van der Waals surface area contributed by atoms with Crippen LogP contribution < -0.4 is 10.6 Å². The smallest absolute Gasteiger partial charge is 0.323 e. The lowest BCUT2D eigenvalue weighted by Gasteiger charge is -2.28. The van der Waals surface area contributed by atoms with Crippen molar-refractivity contribution in [3.63, 3.8) is 0 Å². The number of urea groups is 1. The first kappa shape index (κ1) is 30.7. The molecule has 2 aromatic carbocycles. The Hall–Kier alpha value is -4.71. The van der Waals surface area contributed by atoms with Crippen LogP contribution in [-0.2, 0) is 0 Å². The van der Waals surface area contributed by atoms with Crippen molar-refractivity contribution in [3.05, 3.63) is 98.6 Å². The van der Waals surface area contributed by atoms with E-state index in [4.69, 9.17) is 28.7 Å². The zero-order valence-corrected chi connectivity index (χ0v) is 24.2. The van der Waals surface area contributed by atoms with Crippen molar-refractivity contribution in [2.24, 2.45) is 5.11 Å². The number of H-pyrrole nitrogens is 2. The Bertz CT molecular complexity index is 1910. The molecule has 3 heterocycles. The van der Waals surface area contributed by atoms with Crippen molar-refractivity contribution < 1.29 is 22.8 Å². The maximum Gasteiger partial charge on any atom is 0.323 e. The third kappa shape index (κ3) is 7.08. The molecule has 0 saturated heterocycles. The first-order valence-electron chi connectivity index (χ1n) is 13.3. The van der Waals surface area contributed by atoms with E-state index in [1.165, 1.54) is 12.4 Å². The van der Waals surface area contributed by atoms with Gasteiger partial charge in [-0.2, -0.15) is 0 Å². The summed E-state index contributed by atoms with van der Waals surface area (Å²) in [4.78, 5) is 36.1. The van der Waals surface area contributed by atoms with Crippen LogP contribution in [-0.4, -0.2) is 32.8 Å². The fourth-order valence-electron chi connectivity index (χ4n) is 4.98.